The van der Waals surface area contributed by atoms with Gasteiger partial charge in [0.25, 0.3) is 10.1 Å². The largest absolute Gasteiger partial charge is 0.354 e. The van der Waals surface area contributed by atoms with Crippen molar-refractivity contribution in [2.75, 3.05) is 17.8 Å². The molecule has 0 saturated carbocycles. The molecule has 0 aromatic heterocycles. The van der Waals surface area contributed by atoms with Gasteiger partial charge in [0.1, 0.15) is 0 Å². The Balaban J connectivity index is 4.03. The fraction of sp³-hybridized carbons (Fsp3) is 0.800. The summed E-state index contributed by atoms with van der Waals surface area (Å²) in [4.78, 5) is 9.98. The van der Waals surface area contributed by atoms with Crippen molar-refractivity contribution in [1.29, 1.82) is 0 Å². The SMILES string of the molecule is CSCC(CS(=O)(=O)O)NC=O. The third-order valence-electron chi connectivity index (χ3n) is 1.08. The lowest BCUT2D eigenvalue weighted by Gasteiger charge is -2.11. The van der Waals surface area contributed by atoms with Crippen molar-refractivity contribution in [2.24, 2.45) is 0 Å². The highest BCUT2D eigenvalue weighted by atomic mass is 32.2. The van der Waals surface area contributed by atoms with Gasteiger partial charge in [-0.2, -0.15) is 20.2 Å². The Bertz CT molecular complexity index is 226. The summed E-state index contributed by atoms with van der Waals surface area (Å²) in [6.45, 7) is 0. The molecule has 0 rings (SSSR count). The first-order valence-corrected chi connectivity index (χ1v) is 6.13. The molecule has 0 radical (unpaired) electrons. The second-order valence-electron chi connectivity index (χ2n) is 2.19. The number of amides is 1. The van der Waals surface area contributed by atoms with E-state index >= 15 is 0 Å². The van der Waals surface area contributed by atoms with E-state index in [1.165, 1.54) is 11.8 Å². The Labute approximate surface area is 75.7 Å². The van der Waals surface area contributed by atoms with Crippen LogP contribution in [-0.2, 0) is 14.9 Å². The van der Waals surface area contributed by atoms with Gasteiger partial charge in [0.15, 0.2) is 0 Å². The number of carbonyl (C=O) groups is 1. The molecule has 0 aliphatic heterocycles. The van der Waals surface area contributed by atoms with Crippen molar-refractivity contribution in [2.45, 2.75) is 6.04 Å². The van der Waals surface area contributed by atoms with Crippen LogP contribution in [0.25, 0.3) is 0 Å². The Morgan fingerprint density at radius 3 is 2.58 bits per heavy atom. The van der Waals surface area contributed by atoms with Crippen LogP contribution in [0.5, 0.6) is 0 Å². The topological polar surface area (TPSA) is 83.5 Å². The van der Waals surface area contributed by atoms with Gasteiger partial charge in [0.2, 0.25) is 6.41 Å². The Kier molecular flexibility index (Phi) is 5.27. The molecule has 12 heavy (non-hydrogen) atoms. The summed E-state index contributed by atoms with van der Waals surface area (Å²) in [6, 6.07) is -0.521. The van der Waals surface area contributed by atoms with Crippen LogP contribution in [0.4, 0.5) is 0 Å². The van der Waals surface area contributed by atoms with E-state index in [1.54, 1.807) is 6.26 Å². The summed E-state index contributed by atoms with van der Waals surface area (Å²) in [5.74, 6) is 0.0190. The average molecular weight is 213 g/mol. The van der Waals surface area contributed by atoms with Gasteiger partial charge in [-0.05, 0) is 6.26 Å². The number of hydrogen-bond donors (Lipinski definition) is 2. The minimum absolute atomic E-state index is 0.423. The van der Waals surface area contributed by atoms with E-state index < -0.39 is 21.9 Å². The molecule has 0 fully saturated rings. The zero-order valence-corrected chi connectivity index (χ0v) is 8.19. The summed E-state index contributed by atoms with van der Waals surface area (Å²) >= 11 is 1.39. The molecule has 0 aliphatic rings. The van der Waals surface area contributed by atoms with Gasteiger partial charge in [-0.15, -0.1) is 0 Å². The minimum Gasteiger partial charge on any atom is -0.354 e. The fourth-order valence-electron chi connectivity index (χ4n) is 0.696. The van der Waals surface area contributed by atoms with Gasteiger partial charge in [0.05, 0.1) is 11.8 Å². The van der Waals surface area contributed by atoms with E-state index in [1.807, 2.05) is 0 Å². The molecule has 0 aromatic rings. The molecule has 0 saturated heterocycles. The molecule has 2 N–H and O–H groups in total. The average Bonchev–Trinajstić information content (AvgIpc) is 1.84. The number of hydrogen-bond acceptors (Lipinski definition) is 4. The van der Waals surface area contributed by atoms with Gasteiger partial charge in [-0.25, -0.2) is 0 Å². The van der Waals surface area contributed by atoms with E-state index in [4.69, 9.17) is 4.55 Å². The summed E-state index contributed by atoms with van der Waals surface area (Å²) in [5, 5.41) is 2.30. The van der Waals surface area contributed by atoms with E-state index in [0.717, 1.165) is 0 Å². The van der Waals surface area contributed by atoms with Crippen LogP contribution in [0, 0.1) is 0 Å². The Morgan fingerprint density at radius 1 is 1.67 bits per heavy atom. The number of rotatable bonds is 6. The molecular weight excluding hydrogens is 202 g/mol. The molecule has 1 atom stereocenters. The molecule has 0 spiro atoms. The molecule has 7 heteroatoms. The third kappa shape index (κ3) is 6.44. The predicted molar refractivity (Wildman–Crippen MR) is 47.8 cm³/mol. The predicted octanol–water partition coefficient (Wildman–Crippen LogP) is -0.648. The van der Waals surface area contributed by atoms with E-state index in [0.29, 0.717) is 12.2 Å². The quantitative estimate of drug-likeness (QED) is 0.452. The molecule has 0 aliphatic carbocycles. The number of thioether (sulfide) groups is 1. The van der Waals surface area contributed by atoms with Gasteiger partial charge < -0.3 is 5.32 Å². The van der Waals surface area contributed by atoms with Crippen molar-refractivity contribution in [3.8, 4) is 0 Å². The lowest BCUT2D eigenvalue weighted by atomic mass is 10.4. The maximum absolute atomic E-state index is 10.4. The molecule has 0 heterocycles. The van der Waals surface area contributed by atoms with E-state index in [-0.39, 0.29) is 0 Å². The van der Waals surface area contributed by atoms with Gasteiger partial charge >= 0.3 is 0 Å². The van der Waals surface area contributed by atoms with Crippen LogP contribution in [0.2, 0.25) is 0 Å². The first kappa shape index (κ1) is 11.7. The third-order valence-corrected chi connectivity index (χ3v) is 2.64. The van der Waals surface area contributed by atoms with Crippen molar-refractivity contribution in [1.82, 2.24) is 5.32 Å². The molecule has 1 amide bonds. The lowest BCUT2D eigenvalue weighted by molar-refractivity contribution is -0.109. The van der Waals surface area contributed by atoms with Gasteiger partial charge in [-0.3, -0.25) is 9.35 Å². The summed E-state index contributed by atoms with van der Waals surface area (Å²) in [6.07, 6.45) is 2.20. The molecule has 0 aromatic carbocycles. The van der Waals surface area contributed by atoms with Crippen molar-refractivity contribution >= 4 is 28.3 Å². The van der Waals surface area contributed by atoms with Crippen LogP contribution in [0.3, 0.4) is 0 Å². The monoisotopic (exact) mass is 213 g/mol. The minimum atomic E-state index is -4.00. The Hall–Kier alpha value is -0.270. The second kappa shape index (κ2) is 5.39. The number of carbonyl (C=O) groups excluding carboxylic acids is 1. The summed E-state index contributed by atoms with van der Waals surface area (Å²) < 4.78 is 29.2. The van der Waals surface area contributed by atoms with Crippen molar-refractivity contribution in [3.63, 3.8) is 0 Å². The van der Waals surface area contributed by atoms with Crippen molar-refractivity contribution in [3.05, 3.63) is 0 Å². The van der Waals surface area contributed by atoms with E-state index in [9.17, 15) is 13.2 Å². The van der Waals surface area contributed by atoms with Crippen LogP contribution in [-0.4, -0.2) is 43.2 Å². The lowest BCUT2D eigenvalue weighted by Crippen LogP contribution is -2.36. The van der Waals surface area contributed by atoms with Crippen LogP contribution in [0.15, 0.2) is 0 Å². The molecule has 1 unspecified atom stereocenters. The summed E-state index contributed by atoms with van der Waals surface area (Å²) in [7, 11) is -4.00. The highest BCUT2D eigenvalue weighted by Crippen LogP contribution is 1.99. The molecule has 72 valence electrons. The Morgan fingerprint density at radius 2 is 2.25 bits per heavy atom. The van der Waals surface area contributed by atoms with Crippen LogP contribution >= 0.6 is 11.8 Å². The maximum Gasteiger partial charge on any atom is 0.266 e. The zero-order chi connectivity index (χ0) is 9.61. The highest BCUT2D eigenvalue weighted by molar-refractivity contribution is 7.98. The van der Waals surface area contributed by atoms with Crippen LogP contribution < -0.4 is 5.32 Å². The second-order valence-corrected chi connectivity index (χ2v) is 4.59. The molecular formula is C5H11NO4S2. The smallest absolute Gasteiger partial charge is 0.266 e. The highest BCUT2D eigenvalue weighted by Gasteiger charge is 2.14. The number of nitrogens with one attached hydrogen (secondary N) is 1. The fourth-order valence-corrected chi connectivity index (χ4v) is 2.18. The van der Waals surface area contributed by atoms with Crippen LogP contribution in [0.1, 0.15) is 0 Å². The standard InChI is InChI=1S/C5H11NO4S2/c1-11-2-5(6-4-7)3-12(8,9)10/h4-5H,2-3H2,1H3,(H,6,7)(H,8,9,10). The van der Waals surface area contributed by atoms with Gasteiger partial charge in [-0.1, -0.05) is 0 Å². The zero-order valence-electron chi connectivity index (χ0n) is 6.56. The first-order valence-electron chi connectivity index (χ1n) is 3.13. The van der Waals surface area contributed by atoms with E-state index in [2.05, 4.69) is 5.32 Å². The van der Waals surface area contributed by atoms with Gasteiger partial charge in [0, 0.05) is 5.75 Å². The molecule has 5 nitrogen and oxygen atoms in total. The summed E-state index contributed by atoms with van der Waals surface area (Å²) in [5.41, 5.74) is 0. The first-order chi connectivity index (χ1) is 5.49. The maximum atomic E-state index is 10.4. The molecule has 0 bridgehead atoms. The normalized spacial score (nSPS) is 13.8. The van der Waals surface area contributed by atoms with Crippen molar-refractivity contribution < 1.29 is 17.8 Å².